The van der Waals surface area contributed by atoms with E-state index in [2.05, 4.69) is 20.5 Å². The van der Waals surface area contributed by atoms with Crippen molar-refractivity contribution >= 4 is 39.5 Å². The van der Waals surface area contributed by atoms with E-state index in [9.17, 15) is 14.4 Å². The Morgan fingerprint density at radius 3 is 2.48 bits per heavy atom. The smallest absolute Gasteiger partial charge is 0.308 e. The second kappa shape index (κ2) is 8.43. The minimum atomic E-state index is -0.934. The molecule has 31 heavy (non-hydrogen) atoms. The number of amides is 1. The summed E-state index contributed by atoms with van der Waals surface area (Å²) >= 11 is 0. The number of carbonyl (C=O) groups excluding carboxylic acids is 3. The number of ketones is 1. The van der Waals surface area contributed by atoms with Crippen LogP contribution >= 0.6 is 0 Å². The number of H-pyrrole nitrogens is 2. The van der Waals surface area contributed by atoms with Crippen molar-refractivity contribution in [3.63, 3.8) is 0 Å². The molecular weight excluding hydrogens is 396 g/mol. The van der Waals surface area contributed by atoms with Crippen molar-refractivity contribution in [3.05, 3.63) is 65.5 Å². The number of carbonyl (C=O) groups is 3. The zero-order valence-electron chi connectivity index (χ0n) is 17.2. The Morgan fingerprint density at radius 2 is 1.71 bits per heavy atom. The molecule has 0 aliphatic rings. The van der Waals surface area contributed by atoms with Gasteiger partial charge >= 0.3 is 5.97 Å². The van der Waals surface area contributed by atoms with Gasteiger partial charge in [0.1, 0.15) is 0 Å². The molecule has 1 atom stereocenters. The molecule has 8 heteroatoms. The summed E-state index contributed by atoms with van der Waals surface area (Å²) in [5.41, 5.74) is 3.13. The Morgan fingerprint density at radius 1 is 1.03 bits per heavy atom. The number of esters is 1. The van der Waals surface area contributed by atoms with Gasteiger partial charge in [-0.3, -0.25) is 19.5 Å². The third kappa shape index (κ3) is 4.05. The van der Waals surface area contributed by atoms with E-state index in [-0.39, 0.29) is 30.3 Å². The highest BCUT2D eigenvalue weighted by molar-refractivity contribution is 6.11. The van der Waals surface area contributed by atoms with E-state index < -0.39 is 12.1 Å². The van der Waals surface area contributed by atoms with E-state index in [1.165, 1.54) is 0 Å². The molecule has 2 aromatic heterocycles. The van der Waals surface area contributed by atoms with Gasteiger partial charge in [0.15, 0.2) is 11.8 Å². The third-order valence-electron chi connectivity index (χ3n) is 5.12. The van der Waals surface area contributed by atoms with Crippen LogP contribution in [0.4, 0.5) is 0 Å². The molecule has 0 saturated heterocycles. The van der Waals surface area contributed by atoms with Crippen LogP contribution in [-0.4, -0.2) is 45.5 Å². The fourth-order valence-corrected chi connectivity index (χ4v) is 3.61. The van der Waals surface area contributed by atoms with Crippen LogP contribution in [0.3, 0.4) is 0 Å². The van der Waals surface area contributed by atoms with Gasteiger partial charge in [-0.25, -0.2) is 0 Å². The number of aromatic nitrogens is 3. The van der Waals surface area contributed by atoms with Crippen molar-refractivity contribution in [2.45, 2.75) is 26.4 Å². The van der Waals surface area contributed by atoms with Gasteiger partial charge in [-0.1, -0.05) is 36.4 Å². The third-order valence-corrected chi connectivity index (χ3v) is 5.12. The number of hydrogen-bond donors (Lipinski definition) is 3. The molecule has 3 N–H and O–H groups in total. The summed E-state index contributed by atoms with van der Waals surface area (Å²) in [6.07, 6.45) is -0.991. The van der Waals surface area contributed by atoms with Gasteiger partial charge in [0.2, 0.25) is 5.78 Å². The average Bonchev–Trinajstić information content (AvgIpc) is 3.33. The number of para-hydroxylation sites is 2. The molecule has 0 saturated carbocycles. The predicted octanol–water partition coefficient (Wildman–Crippen LogP) is 3.29. The molecule has 2 aromatic carbocycles. The van der Waals surface area contributed by atoms with E-state index in [0.717, 1.165) is 22.1 Å². The summed E-state index contributed by atoms with van der Waals surface area (Å²) in [6.45, 7) is 3.44. The highest BCUT2D eigenvalue weighted by Gasteiger charge is 2.24. The number of hydrogen-bond acceptors (Lipinski definition) is 5. The molecular formula is C23H22N4O4. The van der Waals surface area contributed by atoms with Crippen LogP contribution in [0, 0.1) is 6.92 Å². The number of aryl methyl sites for hydroxylation is 1. The van der Waals surface area contributed by atoms with Gasteiger partial charge in [0, 0.05) is 34.1 Å². The Hall–Kier alpha value is -3.94. The van der Waals surface area contributed by atoms with Crippen LogP contribution in [0.1, 0.15) is 39.9 Å². The molecule has 0 aliphatic carbocycles. The second-order valence-electron chi connectivity index (χ2n) is 7.29. The minimum Gasteiger partial charge on any atom is -0.454 e. The van der Waals surface area contributed by atoms with Crippen molar-refractivity contribution in [2.24, 2.45) is 0 Å². The number of benzene rings is 2. The average molecular weight is 418 g/mol. The Balaban J connectivity index is 1.32. The zero-order chi connectivity index (χ0) is 22.0. The van der Waals surface area contributed by atoms with Crippen LogP contribution in [0.2, 0.25) is 0 Å². The van der Waals surface area contributed by atoms with Crippen LogP contribution in [0.25, 0.3) is 21.8 Å². The molecule has 0 bridgehead atoms. The van der Waals surface area contributed by atoms with Crippen molar-refractivity contribution in [1.82, 2.24) is 20.5 Å². The number of ether oxygens (including phenoxy) is 1. The SMILES string of the molecule is Cc1[nH]c2ccccc2c1C(=O)C(C)OC(=O)CCNC(=O)c1n[nH]c2ccccc12. The van der Waals surface area contributed by atoms with Crippen molar-refractivity contribution in [1.29, 1.82) is 0 Å². The van der Waals surface area contributed by atoms with E-state index in [4.69, 9.17) is 4.74 Å². The van der Waals surface area contributed by atoms with Gasteiger partial charge in [0.05, 0.1) is 11.9 Å². The topological polar surface area (TPSA) is 117 Å². The Labute approximate surface area is 178 Å². The van der Waals surface area contributed by atoms with E-state index in [1.54, 1.807) is 13.0 Å². The summed E-state index contributed by atoms with van der Waals surface area (Å²) in [7, 11) is 0. The number of rotatable bonds is 7. The lowest BCUT2D eigenvalue weighted by atomic mass is 10.0. The summed E-state index contributed by atoms with van der Waals surface area (Å²) in [5, 5.41) is 11.0. The van der Waals surface area contributed by atoms with Crippen LogP contribution in [0.15, 0.2) is 48.5 Å². The monoisotopic (exact) mass is 418 g/mol. The maximum absolute atomic E-state index is 12.9. The molecule has 158 valence electrons. The fourth-order valence-electron chi connectivity index (χ4n) is 3.61. The molecule has 2 heterocycles. The van der Waals surface area contributed by atoms with Gasteiger partial charge in [0.25, 0.3) is 5.91 Å². The Bertz CT molecular complexity index is 1290. The lowest BCUT2D eigenvalue weighted by Crippen LogP contribution is -2.29. The number of aromatic amines is 2. The molecule has 1 amide bonds. The number of fused-ring (bicyclic) bond motifs is 2. The summed E-state index contributed by atoms with van der Waals surface area (Å²) in [6, 6.07) is 14.8. The molecule has 0 spiro atoms. The van der Waals surface area contributed by atoms with Crippen molar-refractivity contribution in [3.8, 4) is 0 Å². The molecule has 1 unspecified atom stereocenters. The van der Waals surface area contributed by atoms with Gasteiger partial charge in [-0.05, 0) is 26.0 Å². The van der Waals surface area contributed by atoms with Gasteiger partial charge in [-0.2, -0.15) is 5.10 Å². The van der Waals surface area contributed by atoms with E-state index >= 15 is 0 Å². The second-order valence-corrected chi connectivity index (χ2v) is 7.29. The standard InChI is InChI=1S/C23H22N4O4/c1-13-20(15-7-3-5-9-17(15)25-13)22(29)14(2)31-19(28)11-12-24-23(30)21-16-8-4-6-10-18(16)26-27-21/h3-10,14,25H,11-12H2,1-2H3,(H,24,30)(H,26,27). The van der Waals surface area contributed by atoms with E-state index in [1.807, 2.05) is 49.4 Å². The molecule has 0 fully saturated rings. The first kappa shape index (κ1) is 20.3. The first-order valence-electron chi connectivity index (χ1n) is 9.98. The normalized spacial score (nSPS) is 12.1. The number of Topliss-reactive ketones (excluding diaryl/α,β-unsaturated/α-hetero) is 1. The summed E-state index contributed by atoms with van der Waals surface area (Å²) in [4.78, 5) is 40.6. The van der Waals surface area contributed by atoms with Gasteiger partial charge in [-0.15, -0.1) is 0 Å². The summed E-state index contributed by atoms with van der Waals surface area (Å²) < 4.78 is 5.31. The maximum Gasteiger partial charge on any atom is 0.308 e. The van der Waals surface area contributed by atoms with Crippen molar-refractivity contribution < 1.29 is 19.1 Å². The maximum atomic E-state index is 12.9. The molecule has 4 aromatic rings. The molecule has 8 nitrogen and oxygen atoms in total. The fraction of sp³-hybridized carbons (Fsp3) is 0.217. The molecule has 0 radical (unpaired) electrons. The van der Waals surface area contributed by atoms with Crippen LogP contribution in [0.5, 0.6) is 0 Å². The minimum absolute atomic E-state index is 0.0570. The van der Waals surface area contributed by atoms with Gasteiger partial charge < -0.3 is 15.0 Å². The number of nitrogens with zero attached hydrogens (tertiary/aromatic N) is 1. The molecule has 4 rings (SSSR count). The summed E-state index contributed by atoms with van der Waals surface area (Å²) in [5.74, 6) is -1.22. The largest absolute Gasteiger partial charge is 0.454 e. The highest BCUT2D eigenvalue weighted by Crippen LogP contribution is 2.24. The first-order valence-corrected chi connectivity index (χ1v) is 9.98. The first-order chi connectivity index (χ1) is 15.0. The number of nitrogens with one attached hydrogen (secondary N) is 3. The van der Waals surface area contributed by atoms with Crippen LogP contribution in [-0.2, 0) is 9.53 Å². The highest BCUT2D eigenvalue weighted by atomic mass is 16.5. The van der Waals surface area contributed by atoms with Crippen molar-refractivity contribution in [2.75, 3.05) is 6.54 Å². The zero-order valence-corrected chi connectivity index (χ0v) is 17.2. The van der Waals surface area contributed by atoms with Crippen LogP contribution < -0.4 is 5.32 Å². The predicted molar refractivity (Wildman–Crippen MR) is 116 cm³/mol. The lowest BCUT2D eigenvalue weighted by molar-refractivity contribution is -0.146. The molecule has 0 aliphatic heterocycles. The lowest BCUT2D eigenvalue weighted by Gasteiger charge is -2.13. The van der Waals surface area contributed by atoms with E-state index in [0.29, 0.717) is 10.9 Å². The Kier molecular flexibility index (Phi) is 5.53. The quantitative estimate of drug-likeness (QED) is 0.315.